The van der Waals surface area contributed by atoms with Crippen LogP contribution in [-0.4, -0.2) is 25.0 Å². The first-order valence-electron chi connectivity index (χ1n) is 6.71. The van der Waals surface area contributed by atoms with E-state index in [1.165, 1.54) is 6.07 Å². The first kappa shape index (κ1) is 15.1. The maximum Gasteiger partial charge on any atom is 0.359 e. The molecule has 0 spiro atoms. The van der Waals surface area contributed by atoms with Crippen molar-refractivity contribution in [1.82, 2.24) is 19.1 Å². The summed E-state index contributed by atoms with van der Waals surface area (Å²) in [5.74, 6) is -0.443. The molecule has 0 atom stereocenters. The minimum atomic E-state index is -0.885. The van der Waals surface area contributed by atoms with Gasteiger partial charge in [0.15, 0.2) is 5.82 Å². The van der Waals surface area contributed by atoms with Crippen molar-refractivity contribution in [3.05, 3.63) is 68.2 Å². The average Bonchev–Trinajstić information content (AvgIpc) is 2.50. The van der Waals surface area contributed by atoms with Gasteiger partial charge in [-0.15, -0.1) is 0 Å². The summed E-state index contributed by atoms with van der Waals surface area (Å²) < 4.78 is 2.17. The van der Waals surface area contributed by atoms with Crippen LogP contribution in [0.15, 0.2) is 46.2 Å². The average molecular weight is 331 g/mol. The minimum Gasteiger partial charge on any atom is -0.328 e. The lowest BCUT2D eigenvalue weighted by Gasteiger charge is -2.14. The van der Waals surface area contributed by atoms with Gasteiger partial charge in [0.05, 0.1) is 12.1 Å². The van der Waals surface area contributed by atoms with E-state index in [4.69, 9.17) is 11.6 Å². The second kappa shape index (κ2) is 5.77. The zero-order valence-electron chi connectivity index (χ0n) is 12.1. The van der Waals surface area contributed by atoms with Crippen molar-refractivity contribution < 1.29 is 4.79 Å². The van der Waals surface area contributed by atoms with Gasteiger partial charge in [-0.25, -0.2) is 9.78 Å². The SMILES string of the molecule is CC(=O)n1c(=O)nc2n(Cc3ccc(Cl)nc3)cccc-2c1=O. The van der Waals surface area contributed by atoms with E-state index in [1.54, 1.807) is 35.2 Å². The highest BCUT2D eigenvalue weighted by Crippen LogP contribution is 2.15. The van der Waals surface area contributed by atoms with Crippen LogP contribution < -0.4 is 11.2 Å². The number of aromatic nitrogens is 4. The van der Waals surface area contributed by atoms with Crippen LogP contribution in [0.5, 0.6) is 0 Å². The monoisotopic (exact) mass is 330 g/mol. The highest BCUT2D eigenvalue weighted by molar-refractivity contribution is 6.29. The van der Waals surface area contributed by atoms with Crippen LogP contribution in [0, 0.1) is 0 Å². The molecule has 3 heterocycles. The summed E-state index contributed by atoms with van der Waals surface area (Å²) in [7, 11) is 0. The Morgan fingerprint density at radius 3 is 2.70 bits per heavy atom. The smallest absolute Gasteiger partial charge is 0.328 e. The summed E-state index contributed by atoms with van der Waals surface area (Å²) in [4.78, 5) is 43.5. The molecule has 0 saturated heterocycles. The van der Waals surface area contributed by atoms with Crippen molar-refractivity contribution in [3.8, 4) is 11.4 Å². The van der Waals surface area contributed by atoms with Crippen molar-refractivity contribution in [3.63, 3.8) is 0 Å². The van der Waals surface area contributed by atoms with Crippen LogP contribution in [0.4, 0.5) is 0 Å². The molecule has 23 heavy (non-hydrogen) atoms. The van der Waals surface area contributed by atoms with Crippen molar-refractivity contribution in [1.29, 1.82) is 0 Å². The molecule has 0 aliphatic carbocycles. The maximum absolute atomic E-state index is 12.3. The van der Waals surface area contributed by atoms with Gasteiger partial charge in [-0.05, 0) is 23.8 Å². The van der Waals surface area contributed by atoms with Crippen LogP contribution in [0.25, 0.3) is 11.4 Å². The summed E-state index contributed by atoms with van der Waals surface area (Å²) in [6.45, 7) is 1.50. The Labute approximate surface area is 135 Å². The minimum absolute atomic E-state index is 0.198. The molecule has 0 radical (unpaired) electrons. The van der Waals surface area contributed by atoms with E-state index in [-0.39, 0.29) is 11.4 Å². The van der Waals surface area contributed by atoms with Crippen LogP contribution in [-0.2, 0) is 6.54 Å². The number of halogens is 1. The Hall–Kier alpha value is -2.80. The Balaban J connectivity index is 2.16. The van der Waals surface area contributed by atoms with E-state index in [2.05, 4.69) is 9.97 Å². The number of hydrogen-bond acceptors (Lipinski definition) is 5. The van der Waals surface area contributed by atoms with E-state index in [0.717, 1.165) is 12.5 Å². The van der Waals surface area contributed by atoms with Gasteiger partial charge in [-0.3, -0.25) is 9.59 Å². The van der Waals surface area contributed by atoms with Gasteiger partial charge in [0.1, 0.15) is 5.15 Å². The Kier molecular flexibility index (Phi) is 3.79. The topological polar surface area (TPSA) is 86.8 Å². The molecule has 0 saturated carbocycles. The maximum atomic E-state index is 12.3. The molecule has 0 N–H and O–H groups in total. The normalized spacial score (nSPS) is 10.9. The fraction of sp³-hybridized carbons (Fsp3) is 0.133. The molecule has 1 aromatic rings. The molecule has 116 valence electrons. The lowest BCUT2D eigenvalue weighted by molar-refractivity contribution is 0.0927. The molecule has 7 nitrogen and oxygen atoms in total. The molecular formula is C15H11ClN4O3. The number of rotatable bonds is 2. The van der Waals surface area contributed by atoms with Gasteiger partial charge in [0, 0.05) is 19.3 Å². The fourth-order valence-corrected chi connectivity index (χ4v) is 2.40. The van der Waals surface area contributed by atoms with Gasteiger partial charge in [-0.2, -0.15) is 9.55 Å². The molecule has 1 aromatic heterocycles. The third-order valence-electron chi connectivity index (χ3n) is 3.32. The number of pyridine rings is 2. The summed E-state index contributed by atoms with van der Waals surface area (Å²) in [6, 6.07) is 6.62. The van der Waals surface area contributed by atoms with Gasteiger partial charge < -0.3 is 4.57 Å². The Morgan fingerprint density at radius 1 is 1.26 bits per heavy atom. The highest BCUT2D eigenvalue weighted by Gasteiger charge is 2.18. The van der Waals surface area contributed by atoms with E-state index < -0.39 is 17.2 Å². The van der Waals surface area contributed by atoms with E-state index in [0.29, 0.717) is 16.3 Å². The van der Waals surface area contributed by atoms with E-state index in [1.807, 2.05) is 0 Å². The van der Waals surface area contributed by atoms with E-state index in [9.17, 15) is 14.4 Å². The molecule has 3 rings (SSSR count). The molecule has 0 fully saturated rings. The third-order valence-corrected chi connectivity index (χ3v) is 3.55. The largest absolute Gasteiger partial charge is 0.359 e. The molecule has 0 bridgehead atoms. The molecule has 0 aromatic carbocycles. The summed E-state index contributed by atoms with van der Waals surface area (Å²) >= 11 is 5.75. The van der Waals surface area contributed by atoms with Crippen LogP contribution >= 0.6 is 11.6 Å². The van der Waals surface area contributed by atoms with Crippen LogP contribution in [0.2, 0.25) is 5.15 Å². The van der Waals surface area contributed by atoms with E-state index >= 15 is 0 Å². The third kappa shape index (κ3) is 2.78. The first-order valence-corrected chi connectivity index (χ1v) is 7.09. The molecule has 2 aliphatic rings. The first-order chi connectivity index (χ1) is 11.0. The Bertz CT molecular complexity index is 975. The van der Waals surface area contributed by atoms with Gasteiger partial charge in [0.25, 0.3) is 5.56 Å². The number of carbonyl (C=O) groups is 1. The lowest BCUT2D eigenvalue weighted by atomic mass is 10.2. The second-order valence-electron chi connectivity index (χ2n) is 4.92. The number of fused-ring (bicyclic) bond motifs is 1. The second-order valence-corrected chi connectivity index (χ2v) is 5.30. The standard InChI is InChI=1S/C15H11ClN4O3/c1-9(21)20-14(22)11-3-2-6-19(13(11)18-15(20)23)8-10-4-5-12(16)17-7-10/h2-7H,8H2,1H3. The number of hydrogen-bond donors (Lipinski definition) is 0. The van der Waals surface area contributed by atoms with Crippen molar-refractivity contribution in [2.24, 2.45) is 0 Å². The molecule has 0 unspecified atom stereocenters. The van der Waals surface area contributed by atoms with Crippen molar-refractivity contribution in [2.75, 3.05) is 0 Å². The molecular weight excluding hydrogens is 320 g/mol. The molecule has 0 amide bonds. The summed E-state index contributed by atoms with van der Waals surface area (Å²) in [5.41, 5.74) is -0.526. The molecule has 8 heteroatoms. The predicted molar refractivity (Wildman–Crippen MR) is 84.0 cm³/mol. The zero-order valence-corrected chi connectivity index (χ0v) is 12.8. The quantitative estimate of drug-likeness (QED) is 0.660. The zero-order chi connectivity index (χ0) is 16.6. The Morgan fingerprint density at radius 2 is 2.04 bits per heavy atom. The van der Waals surface area contributed by atoms with Crippen molar-refractivity contribution in [2.45, 2.75) is 13.5 Å². The van der Waals surface area contributed by atoms with Crippen molar-refractivity contribution >= 4 is 17.5 Å². The van der Waals surface area contributed by atoms with Gasteiger partial charge in [0.2, 0.25) is 5.91 Å². The lowest BCUT2D eigenvalue weighted by Crippen LogP contribution is -2.40. The molecule has 2 aliphatic heterocycles. The summed E-state index contributed by atoms with van der Waals surface area (Å²) in [6.07, 6.45) is 3.30. The van der Waals surface area contributed by atoms with Gasteiger partial charge in [-0.1, -0.05) is 17.7 Å². The fourth-order valence-electron chi connectivity index (χ4n) is 2.28. The van der Waals surface area contributed by atoms with Gasteiger partial charge >= 0.3 is 5.69 Å². The van der Waals surface area contributed by atoms with Crippen LogP contribution in [0.1, 0.15) is 17.3 Å². The number of carbonyl (C=O) groups excluding carboxylic acids is 1. The highest BCUT2D eigenvalue weighted by atomic mass is 35.5. The number of nitrogens with zero attached hydrogens (tertiary/aromatic N) is 4. The van der Waals surface area contributed by atoms with Crippen LogP contribution in [0.3, 0.4) is 0 Å². The predicted octanol–water partition coefficient (Wildman–Crippen LogP) is 1.27. The summed E-state index contributed by atoms with van der Waals surface area (Å²) in [5, 5.41) is 0.376.